The van der Waals surface area contributed by atoms with Gasteiger partial charge in [-0.05, 0) is 31.5 Å². The maximum Gasteiger partial charge on any atom is 0.234 e. The lowest BCUT2D eigenvalue weighted by atomic mass is 10.1. The lowest BCUT2D eigenvalue weighted by Crippen LogP contribution is -2.36. The van der Waals surface area contributed by atoms with Crippen molar-refractivity contribution in [1.82, 2.24) is 10.2 Å². The van der Waals surface area contributed by atoms with Crippen LogP contribution in [0.4, 0.5) is 4.39 Å². The molecule has 0 spiro atoms. The molecule has 5 heteroatoms. The topological polar surface area (TPSA) is 58.4 Å². The van der Waals surface area contributed by atoms with Crippen molar-refractivity contribution in [3.63, 3.8) is 0 Å². The van der Waals surface area contributed by atoms with E-state index in [1.54, 1.807) is 18.2 Å². The van der Waals surface area contributed by atoms with Gasteiger partial charge in [-0.2, -0.15) is 0 Å². The molecule has 1 unspecified atom stereocenters. The summed E-state index contributed by atoms with van der Waals surface area (Å²) in [4.78, 5) is 13.9. The molecule has 19 heavy (non-hydrogen) atoms. The first-order valence-corrected chi connectivity index (χ1v) is 6.61. The Morgan fingerprint density at radius 3 is 2.95 bits per heavy atom. The summed E-state index contributed by atoms with van der Waals surface area (Å²) in [7, 11) is 0. The van der Waals surface area contributed by atoms with Crippen molar-refractivity contribution in [1.29, 1.82) is 0 Å². The lowest BCUT2D eigenvalue weighted by Gasteiger charge is -2.15. The highest BCUT2D eigenvalue weighted by atomic mass is 19.1. The average Bonchev–Trinajstić information content (AvgIpc) is 2.85. The second kappa shape index (κ2) is 6.63. The highest BCUT2D eigenvalue weighted by Crippen LogP contribution is 2.14. The minimum atomic E-state index is -0.285. The first-order valence-electron chi connectivity index (χ1n) is 6.61. The Kier molecular flexibility index (Phi) is 4.87. The number of rotatable bonds is 5. The van der Waals surface area contributed by atoms with E-state index in [4.69, 9.17) is 5.73 Å². The first kappa shape index (κ1) is 14.0. The van der Waals surface area contributed by atoms with Crippen LogP contribution in [-0.4, -0.2) is 37.0 Å². The molecule has 1 saturated heterocycles. The number of likely N-dealkylation sites (tertiary alicyclic amines) is 1. The van der Waals surface area contributed by atoms with Crippen LogP contribution in [0.2, 0.25) is 0 Å². The molecule has 2 rings (SSSR count). The Balaban J connectivity index is 1.75. The van der Waals surface area contributed by atoms with Gasteiger partial charge in [-0.15, -0.1) is 0 Å². The normalized spacial score (nSPS) is 19.6. The maximum absolute atomic E-state index is 13.4. The monoisotopic (exact) mass is 265 g/mol. The predicted octanol–water partition coefficient (Wildman–Crippen LogP) is 0.723. The van der Waals surface area contributed by atoms with Gasteiger partial charge in [0.25, 0.3) is 0 Å². The third kappa shape index (κ3) is 4.01. The third-order valence-electron chi connectivity index (χ3n) is 3.50. The Labute approximate surface area is 112 Å². The molecular formula is C14H20FN3O. The molecule has 1 aliphatic heterocycles. The van der Waals surface area contributed by atoms with Crippen LogP contribution in [0.5, 0.6) is 0 Å². The zero-order valence-corrected chi connectivity index (χ0v) is 10.9. The Morgan fingerprint density at radius 2 is 2.26 bits per heavy atom. The number of halogens is 1. The van der Waals surface area contributed by atoms with Crippen LogP contribution >= 0.6 is 0 Å². The number of nitrogens with two attached hydrogens (primary N) is 1. The van der Waals surface area contributed by atoms with E-state index < -0.39 is 0 Å². The molecule has 0 saturated carbocycles. The number of amides is 1. The highest BCUT2D eigenvalue weighted by Gasteiger charge is 2.22. The van der Waals surface area contributed by atoms with Crippen LogP contribution in [-0.2, 0) is 11.3 Å². The summed E-state index contributed by atoms with van der Waals surface area (Å²) in [5, 5.41) is 2.75. The van der Waals surface area contributed by atoms with Gasteiger partial charge in [-0.25, -0.2) is 4.39 Å². The van der Waals surface area contributed by atoms with Crippen molar-refractivity contribution in [2.45, 2.75) is 13.0 Å². The molecule has 0 radical (unpaired) electrons. The van der Waals surface area contributed by atoms with Gasteiger partial charge in [-0.3, -0.25) is 9.69 Å². The third-order valence-corrected chi connectivity index (χ3v) is 3.50. The summed E-state index contributed by atoms with van der Waals surface area (Å²) in [6.45, 7) is 3.07. The van der Waals surface area contributed by atoms with E-state index in [1.165, 1.54) is 6.07 Å². The number of hydrogen-bond donors (Lipinski definition) is 2. The van der Waals surface area contributed by atoms with Crippen molar-refractivity contribution >= 4 is 5.91 Å². The van der Waals surface area contributed by atoms with Crippen LogP contribution < -0.4 is 11.1 Å². The van der Waals surface area contributed by atoms with E-state index in [-0.39, 0.29) is 18.3 Å². The molecule has 1 aliphatic rings. The Hall–Kier alpha value is -1.46. The van der Waals surface area contributed by atoms with Crippen LogP contribution in [0, 0.1) is 11.7 Å². The van der Waals surface area contributed by atoms with Gasteiger partial charge in [0.2, 0.25) is 5.91 Å². The quantitative estimate of drug-likeness (QED) is 0.825. The van der Waals surface area contributed by atoms with Crippen LogP contribution in [0.25, 0.3) is 0 Å². The summed E-state index contributed by atoms with van der Waals surface area (Å²) < 4.78 is 13.4. The zero-order chi connectivity index (χ0) is 13.7. The van der Waals surface area contributed by atoms with E-state index in [2.05, 4.69) is 10.2 Å². The molecular weight excluding hydrogens is 245 g/mol. The van der Waals surface area contributed by atoms with Gasteiger partial charge < -0.3 is 11.1 Å². The molecule has 1 heterocycles. The molecule has 0 aromatic heterocycles. The van der Waals surface area contributed by atoms with Gasteiger partial charge in [0.05, 0.1) is 6.54 Å². The van der Waals surface area contributed by atoms with Crippen LogP contribution in [0.15, 0.2) is 24.3 Å². The van der Waals surface area contributed by atoms with Gasteiger partial charge in [0.15, 0.2) is 0 Å². The highest BCUT2D eigenvalue weighted by molar-refractivity contribution is 5.78. The van der Waals surface area contributed by atoms with Crippen molar-refractivity contribution in [2.75, 3.05) is 26.2 Å². The van der Waals surface area contributed by atoms with E-state index in [0.717, 1.165) is 19.5 Å². The first-order chi connectivity index (χ1) is 9.19. The van der Waals surface area contributed by atoms with E-state index in [0.29, 0.717) is 24.6 Å². The second-order valence-corrected chi connectivity index (χ2v) is 4.99. The summed E-state index contributed by atoms with van der Waals surface area (Å²) in [6, 6.07) is 6.47. The Bertz CT molecular complexity index is 438. The van der Waals surface area contributed by atoms with Crippen molar-refractivity contribution < 1.29 is 9.18 Å². The fourth-order valence-corrected chi connectivity index (χ4v) is 2.34. The summed E-state index contributed by atoms with van der Waals surface area (Å²) in [5.74, 6) is 0.146. The fraction of sp³-hybridized carbons (Fsp3) is 0.500. The predicted molar refractivity (Wildman–Crippen MR) is 71.8 cm³/mol. The second-order valence-electron chi connectivity index (χ2n) is 4.99. The minimum Gasteiger partial charge on any atom is -0.351 e. The number of benzene rings is 1. The molecule has 0 aliphatic carbocycles. The van der Waals surface area contributed by atoms with E-state index in [9.17, 15) is 9.18 Å². The lowest BCUT2D eigenvalue weighted by molar-refractivity contribution is -0.122. The van der Waals surface area contributed by atoms with Gasteiger partial charge in [0.1, 0.15) is 5.82 Å². The minimum absolute atomic E-state index is 0.0686. The molecule has 1 aromatic rings. The van der Waals surface area contributed by atoms with Gasteiger partial charge >= 0.3 is 0 Å². The molecule has 0 bridgehead atoms. The van der Waals surface area contributed by atoms with Crippen LogP contribution in [0.3, 0.4) is 0 Å². The van der Waals surface area contributed by atoms with E-state index >= 15 is 0 Å². The van der Waals surface area contributed by atoms with Crippen LogP contribution in [0.1, 0.15) is 12.0 Å². The number of carbonyl (C=O) groups excluding carboxylic acids is 1. The van der Waals surface area contributed by atoms with Crippen molar-refractivity contribution in [3.8, 4) is 0 Å². The standard InChI is InChI=1S/C14H20FN3O/c15-13-4-2-1-3-12(13)8-17-14(19)10-18-6-5-11(7-16)9-18/h1-4,11H,5-10,16H2,(H,17,19). The SMILES string of the molecule is NCC1CCN(CC(=O)NCc2ccccc2F)C1. The fourth-order valence-electron chi connectivity index (χ4n) is 2.34. The number of hydrogen-bond acceptors (Lipinski definition) is 3. The summed E-state index contributed by atoms with van der Waals surface area (Å²) in [5.41, 5.74) is 6.12. The summed E-state index contributed by atoms with van der Waals surface area (Å²) >= 11 is 0. The largest absolute Gasteiger partial charge is 0.351 e. The Morgan fingerprint density at radius 1 is 1.47 bits per heavy atom. The number of nitrogens with zero attached hydrogens (tertiary/aromatic N) is 1. The molecule has 104 valence electrons. The van der Waals surface area contributed by atoms with E-state index in [1.807, 2.05) is 0 Å². The molecule has 1 fully saturated rings. The van der Waals surface area contributed by atoms with Crippen molar-refractivity contribution in [2.24, 2.45) is 11.7 Å². The molecule has 1 aromatic carbocycles. The summed E-state index contributed by atoms with van der Waals surface area (Å²) in [6.07, 6.45) is 1.05. The smallest absolute Gasteiger partial charge is 0.234 e. The maximum atomic E-state index is 13.4. The molecule has 3 N–H and O–H groups in total. The molecule has 4 nitrogen and oxygen atoms in total. The zero-order valence-electron chi connectivity index (χ0n) is 10.9. The van der Waals surface area contributed by atoms with Gasteiger partial charge in [0, 0.05) is 18.7 Å². The molecule has 1 amide bonds. The van der Waals surface area contributed by atoms with Crippen molar-refractivity contribution in [3.05, 3.63) is 35.6 Å². The number of nitrogens with one attached hydrogen (secondary N) is 1. The average molecular weight is 265 g/mol. The molecule has 1 atom stereocenters. The van der Waals surface area contributed by atoms with Gasteiger partial charge in [-0.1, -0.05) is 18.2 Å². The number of carbonyl (C=O) groups is 1.